The Morgan fingerprint density at radius 3 is 2.58 bits per heavy atom. The fourth-order valence-electron chi connectivity index (χ4n) is 0.752. The van der Waals surface area contributed by atoms with Gasteiger partial charge in [0.25, 0.3) is 0 Å². The smallest absolute Gasteiger partial charge is 0.0209 e. The van der Waals surface area contributed by atoms with Gasteiger partial charge in [0.05, 0.1) is 0 Å². The molecule has 0 aliphatic rings. The molecule has 0 spiro atoms. The van der Waals surface area contributed by atoms with Gasteiger partial charge in [0, 0.05) is 0 Å². The molecule has 1 aromatic heterocycles. The van der Waals surface area contributed by atoms with Gasteiger partial charge in [0.2, 0.25) is 0 Å². The maximum atomic E-state index is 8.50. The number of fused-ring (bicyclic) bond motifs is 1. The molecule has 0 saturated carbocycles. The molecule has 0 aliphatic heterocycles. The summed E-state index contributed by atoms with van der Waals surface area (Å²) in [5, 5.41) is 11.0. The van der Waals surface area contributed by atoms with Crippen molar-refractivity contribution in [1.82, 2.24) is 15.4 Å². The first-order valence-corrected chi connectivity index (χ1v) is 4.36. The van der Waals surface area contributed by atoms with E-state index in [0.29, 0.717) is 0 Å². The van der Waals surface area contributed by atoms with Gasteiger partial charge in [-0.05, 0) is 11.0 Å². The van der Waals surface area contributed by atoms with E-state index in [1.807, 2.05) is 24.3 Å². The van der Waals surface area contributed by atoms with Crippen molar-refractivity contribution in [3.05, 3.63) is 24.3 Å². The summed E-state index contributed by atoms with van der Waals surface area (Å²) in [6.45, 7) is 0. The molecule has 0 bridgehead atoms. The SMILES string of the molecule is [O]=[Ti]=[O].c1ccc2[n-]nnc2c1. The Bertz CT molecular complexity index is 364. The van der Waals surface area contributed by atoms with E-state index in [4.69, 9.17) is 6.65 Å². The number of aromatic nitrogens is 3. The van der Waals surface area contributed by atoms with Gasteiger partial charge in [0.15, 0.2) is 0 Å². The molecule has 1 heterocycles. The quantitative estimate of drug-likeness (QED) is 0.570. The molecule has 12 heavy (non-hydrogen) atoms. The van der Waals surface area contributed by atoms with E-state index in [9.17, 15) is 0 Å². The first kappa shape index (κ1) is 9.03. The Morgan fingerprint density at radius 2 is 1.92 bits per heavy atom. The van der Waals surface area contributed by atoms with Crippen LogP contribution in [0, 0.1) is 0 Å². The molecule has 0 atom stereocenters. The van der Waals surface area contributed by atoms with Gasteiger partial charge in [0.1, 0.15) is 0 Å². The predicted octanol–water partition coefficient (Wildman–Crippen LogP) is 0.347. The van der Waals surface area contributed by atoms with Gasteiger partial charge >= 0.3 is 25.7 Å². The number of hydrogen-bond donors (Lipinski definition) is 0. The number of nitrogens with zero attached hydrogens (tertiary/aromatic N) is 3. The fraction of sp³-hybridized carbons (Fsp3) is 0. The molecular formula is C6H4N3O2Ti-. The van der Waals surface area contributed by atoms with E-state index in [1.165, 1.54) is 0 Å². The summed E-state index contributed by atoms with van der Waals surface area (Å²) in [7, 11) is 0. The van der Waals surface area contributed by atoms with Crippen molar-refractivity contribution in [3.63, 3.8) is 0 Å². The molecule has 0 fully saturated rings. The van der Waals surface area contributed by atoms with Crippen LogP contribution in [0.2, 0.25) is 0 Å². The van der Waals surface area contributed by atoms with Crippen LogP contribution < -0.4 is 5.10 Å². The number of benzene rings is 1. The topological polar surface area (TPSA) is 74.0 Å². The van der Waals surface area contributed by atoms with Gasteiger partial charge in [-0.2, -0.15) is 0 Å². The first-order chi connectivity index (χ1) is 5.88. The van der Waals surface area contributed by atoms with Gasteiger partial charge in [-0.1, -0.05) is 24.3 Å². The van der Waals surface area contributed by atoms with Crippen molar-refractivity contribution in [2.45, 2.75) is 0 Å². The maximum Gasteiger partial charge on any atom is -0.0209 e. The van der Waals surface area contributed by atoms with Crippen LogP contribution in [0.5, 0.6) is 0 Å². The van der Waals surface area contributed by atoms with E-state index in [1.54, 1.807) is 0 Å². The molecule has 6 heteroatoms. The molecule has 2 rings (SSSR count). The van der Waals surface area contributed by atoms with E-state index in [-0.39, 0.29) is 0 Å². The predicted molar refractivity (Wildman–Crippen MR) is 34.2 cm³/mol. The van der Waals surface area contributed by atoms with Gasteiger partial charge in [-0.25, -0.2) is 0 Å². The zero-order valence-electron chi connectivity index (χ0n) is 5.97. The zero-order valence-corrected chi connectivity index (χ0v) is 7.53. The largest absolute Gasteiger partial charge is 0.350 e. The third-order valence-electron chi connectivity index (χ3n) is 1.19. The third-order valence-corrected chi connectivity index (χ3v) is 1.19. The summed E-state index contributed by atoms with van der Waals surface area (Å²) in [5.41, 5.74) is 1.72. The van der Waals surface area contributed by atoms with Gasteiger partial charge in [-0.3, -0.25) is 5.21 Å². The summed E-state index contributed by atoms with van der Waals surface area (Å²) < 4.78 is 17.0. The summed E-state index contributed by atoms with van der Waals surface area (Å²) >= 11 is -2.00. The van der Waals surface area contributed by atoms with Crippen LogP contribution in [0.4, 0.5) is 0 Å². The standard InChI is InChI=1S/C6H4N3.2O.Ti/c1-2-4-6-5(3-1)7-9-8-6;;;/h1-4H;;;/q-1;;;. The maximum absolute atomic E-state index is 8.50. The van der Waals surface area contributed by atoms with E-state index < -0.39 is 19.1 Å². The molecule has 1 aromatic carbocycles. The van der Waals surface area contributed by atoms with E-state index in [0.717, 1.165) is 11.0 Å². The summed E-state index contributed by atoms with van der Waals surface area (Å²) in [5.74, 6) is 0. The summed E-state index contributed by atoms with van der Waals surface area (Å²) in [6.07, 6.45) is 0. The minimum Gasteiger partial charge on any atom is -0.350 e. The Morgan fingerprint density at radius 1 is 1.25 bits per heavy atom. The molecule has 2 aromatic rings. The molecular weight excluding hydrogens is 194 g/mol. The molecule has 0 saturated heterocycles. The van der Waals surface area contributed by atoms with Gasteiger partial charge < -0.3 is 10.2 Å². The number of rotatable bonds is 0. The van der Waals surface area contributed by atoms with Crippen molar-refractivity contribution < 1.29 is 25.7 Å². The molecule has 0 unspecified atom stereocenters. The normalized spacial score (nSPS) is 8.33. The monoisotopic (exact) mass is 198 g/mol. The van der Waals surface area contributed by atoms with Crippen LogP contribution in [0.15, 0.2) is 24.3 Å². The van der Waals surface area contributed by atoms with Crippen LogP contribution in [0.25, 0.3) is 11.0 Å². The van der Waals surface area contributed by atoms with E-state index in [2.05, 4.69) is 15.4 Å². The second-order valence-corrected chi connectivity index (χ2v) is 2.12. The Labute approximate surface area is 76.7 Å². The first-order valence-electron chi connectivity index (χ1n) is 3.08. The molecule has 0 aliphatic carbocycles. The Kier molecular flexibility index (Phi) is 3.57. The Balaban J connectivity index is 0.000000213. The second-order valence-electron chi connectivity index (χ2n) is 1.86. The average Bonchev–Trinajstić information content (AvgIpc) is 2.52. The minimum atomic E-state index is -2.00. The van der Waals surface area contributed by atoms with Crippen LogP contribution >= 0.6 is 0 Å². The zero-order chi connectivity index (χ0) is 8.81. The van der Waals surface area contributed by atoms with Crippen molar-refractivity contribution >= 4 is 11.0 Å². The van der Waals surface area contributed by atoms with Crippen molar-refractivity contribution in [1.29, 1.82) is 0 Å². The van der Waals surface area contributed by atoms with Crippen LogP contribution in [0.3, 0.4) is 0 Å². The van der Waals surface area contributed by atoms with Crippen LogP contribution in [-0.2, 0) is 25.7 Å². The fourth-order valence-corrected chi connectivity index (χ4v) is 0.752. The van der Waals surface area contributed by atoms with Crippen LogP contribution in [0.1, 0.15) is 0 Å². The van der Waals surface area contributed by atoms with Crippen molar-refractivity contribution in [2.24, 2.45) is 0 Å². The molecule has 0 amide bonds. The minimum absolute atomic E-state index is 0.859. The third kappa shape index (κ3) is 2.22. The molecule has 0 radical (unpaired) electrons. The van der Waals surface area contributed by atoms with Crippen molar-refractivity contribution in [3.8, 4) is 0 Å². The summed E-state index contributed by atoms with van der Waals surface area (Å²) in [6, 6.07) is 7.60. The number of hydrogen-bond acceptors (Lipinski definition) is 4. The molecule has 5 nitrogen and oxygen atoms in total. The Hall–Kier alpha value is -1.07. The second kappa shape index (κ2) is 4.74. The molecule has 60 valence electrons. The van der Waals surface area contributed by atoms with Crippen molar-refractivity contribution in [2.75, 3.05) is 0 Å². The van der Waals surface area contributed by atoms with E-state index >= 15 is 0 Å². The average molecular weight is 198 g/mol. The van der Waals surface area contributed by atoms with Gasteiger partial charge in [-0.15, -0.1) is 0 Å². The van der Waals surface area contributed by atoms with Crippen LogP contribution in [-0.4, -0.2) is 10.3 Å². The molecule has 0 N–H and O–H groups in total. The summed E-state index contributed by atoms with van der Waals surface area (Å²) in [4.78, 5) is 0.